The first-order valence-electron chi connectivity index (χ1n) is 8.35. The Bertz CT molecular complexity index is 686. The van der Waals surface area contributed by atoms with Crippen molar-refractivity contribution in [1.82, 2.24) is 14.5 Å². The van der Waals surface area contributed by atoms with Gasteiger partial charge in [0.15, 0.2) is 5.96 Å². The van der Waals surface area contributed by atoms with Crippen LogP contribution in [0.25, 0.3) is 0 Å². The molecule has 26 heavy (non-hydrogen) atoms. The number of ether oxygens (including phenoxy) is 1. The Hall–Kier alpha value is -0.910. The summed E-state index contributed by atoms with van der Waals surface area (Å²) in [7, 11) is 3.44. The van der Waals surface area contributed by atoms with E-state index in [4.69, 9.17) is 4.74 Å². The molecule has 9 heteroatoms. The lowest BCUT2D eigenvalue weighted by Crippen LogP contribution is -2.41. The van der Waals surface area contributed by atoms with Crippen LogP contribution in [-0.4, -0.2) is 71.5 Å². The fourth-order valence-corrected chi connectivity index (χ4v) is 3.66. The molecule has 148 valence electrons. The molecule has 0 spiro atoms. The molecule has 1 N–H and O–H groups in total. The van der Waals surface area contributed by atoms with Gasteiger partial charge in [-0.2, -0.15) is 0 Å². The SMILES string of the molecule is CN=C(NCc1ccc(S(=O)(=O)N(C)C)cc1)N(C)CC1CCOC1.I. The Labute approximate surface area is 173 Å². The van der Waals surface area contributed by atoms with Crippen LogP contribution in [0.4, 0.5) is 0 Å². The lowest BCUT2D eigenvalue weighted by molar-refractivity contribution is 0.181. The quantitative estimate of drug-likeness (QED) is 0.368. The van der Waals surface area contributed by atoms with Crippen molar-refractivity contribution < 1.29 is 13.2 Å². The highest BCUT2D eigenvalue weighted by atomic mass is 127. The molecule has 0 aromatic heterocycles. The van der Waals surface area contributed by atoms with Crippen LogP contribution >= 0.6 is 24.0 Å². The van der Waals surface area contributed by atoms with E-state index in [2.05, 4.69) is 15.2 Å². The monoisotopic (exact) mass is 496 g/mol. The number of halogens is 1. The van der Waals surface area contributed by atoms with E-state index in [9.17, 15) is 8.42 Å². The molecule has 1 aliphatic rings. The van der Waals surface area contributed by atoms with Crippen LogP contribution < -0.4 is 5.32 Å². The molecule has 1 aromatic carbocycles. The summed E-state index contributed by atoms with van der Waals surface area (Å²) in [5.41, 5.74) is 0.997. The molecular formula is C17H29IN4O3S. The van der Waals surface area contributed by atoms with E-state index in [1.807, 2.05) is 19.2 Å². The van der Waals surface area contributed by atoms with E-state index in [1.165, 1.54) is 18.4 Å². The molecule has 0 saturated carbocycles. The summed E-state index contributed by atoms with van der Waals surface area (Å²) in [5.74, 6) is 1.36. The van der Waals surface area contributed by atoms with Crippen molar-refractivity contribution in [3.63, 3.8) is 0 Å². The molecule has 1 fully saturated rings. The van der Waals surface area contributed by atoms with Gasteiger partial charge in [-0.25, -0.2) is 12.7 Å². The number of guanidine groups is 1. The van der Waals surface area contributed by atoms with Crippen LogP contribution in [0.1, 0.15) is 12.0 Å². The Balaban J connectivity index is 0.00000338. The third-order valence-electron chi connectivity index (χ3n) is 4.28. The topological polar surface area (TPSA) is 74.2 Å². The summed E-state index contributed by atoms with van der Waals surface area (Å²) >= 11 is 0. The molecular weight excluding hydrogens is 467 g/mol. The van der Waals surface area contributed by atoms with Crippen LogP contribution in [0.5, 0.6) is 0 Å². The van der Waals surface area contributed by atoms with Gasteiger partial charge in [-0.3, -0.25) is 4.99 Å². The minimum Gasteiger partial charge on any atom is -0.381 e. The molecule has 1 heterocycles. The standard InChI is InChI=1S/C17H28N4O3S.HI/c1-18-17(21(4)12-15-9-10-24-13-15)19-11-14-5-7-16(8-6-14)25(22,23)20(2)3;/h5-8,15H,9-13H2,1-4H3,(H,18,19);1H. The number of rotatable bonds is 6. The van der Waals surface area contributed by atoms with Gasteiger partial charge in [-0.1, -0.05) is 12.1 Å². The predicted octanol–water partition coefficient (Wildman–Crippen LogP) is 1.60. The lowest BCUT2D eigenvalue weighted by Gasteiger charge is -2.24. The Morgan fingerprint density at radius 3 is 2.42 bits per heavy atom. The zero-order valence-electron chi connectivity index (χ0n) is 15.8. The van der Waals surface area contributed by atoms with Crippen LogP contribution in [0, 0.1) is 5.92 Å². The van der Waals surface area contributed by atoms with Crippen LogP contribution in [-0.2, 0) is 21.3 Å². The molecule has 1 atom stereocenters. The predicted molar refractivity (Wildman–Crippen MR) is 114 cm³/mol. The second-order valence-electron chi connectivity index (χ2n) is 6.44. The summed E-state index contributed by atoms with van der Waals surface area (Å²) in [6.45, 7) is 3.13. The smallest absolute Gasteiger partial charge is 0.242 e. The van der Waals surface area contributed by atoms with E-state index in [-0.39, 0.29) is 24.0 Å². The van der Waals surface area contributed by atoms with Crippen molar-refractivity contribution >= 4 is 40.0 Å². The van der Waals surface area contributed by atoms with E-state index in [0.29, 0.717) is 17.4 Å². The third kappa shape index (κ3) is 6.07. The van der Waals surface area contributed by atoms with Crippen LogP contribution in [0.3, 0.4) is 0 Å². The molecule has 1 aliphatic heterocycles. The number of hydrogen-bond acceptors (Lipinski definition) is 4. The first-order valence-corrected chi connectivity index (χ1v) is 9.79. The highest BCUT2D eigenvalue weighted by Gasteiger charge is 2.19. The first-order chi connectivity index (χ1) is 11.8. The zero-order chi connectivity index (χ0) is 18.4. The second-order valence-corrected chi connectivity index (χ2v) is 8.59. The molecule has 0 radical (unpaired) electrons. The molecule has 1 saturated heterocycles. The normalized spacial score (nSPS) is 17.9. The maximum atomic E-state index is 12.1. The van der Waals surface area contributed by atoms with Gasteiger partial charge >= 0.3 is 0 Å². The molecule has 1 aromatic rings. The largest absolute Gasteiger partial charge is 0.381 e. The second kappa shape index (κ2) is 10.4. The number of benzene rings is 1. The highest BCUT2D eigenvalue weighted by molar-refractivity contribution is 14.0. The molecule has 0 bridgehead atoms. The first kappa shape index (κ1) is 23.1. The molecule has 2 rings (SSSR count). The summed E-state index contributed by atoms with van der Waals surface area (Å²) in [6, 6.07) is 6.91. The Kier molecular flexibility index (Phi) is 9.28. The van der Waals surface area contributed by atoms with Crippen LogP contribution in [0.15, 0.2) is 34.2 Å². The average molecular weight is 496 g/mol. The van der Waals surface area contributed by atoms with Crippen molar-refractivity contribution in [3.05, 3.63) is 29.8 Å². The maximum absolute atomic E-state index is 12.1. The zero-order valence-corrected chi connectivity index (χ0v) is 19.0. The number of nitrogens with zero attached hydrogens (tertiary/aromatic N) is 3. The van der Waals surface area contributed by atoms with E-state index in [0.717, 1.165) is 37.7 Å². The van der Waals surface area contributed by atoms with Gasteiger partial charge in [-0.05, 0) is 24.1 Å². The molecule has 0 aliphatic carbocycles. The highest BCUT2D eigenvalue weighted by Crippen LogP contribution is 2.15. The number of nitrogens with one attached hydrogen (secondary N) is 1. The number of hydrogen-bond donors (Lipinski definition) is 1. The fraction of sp³-hybridized carbons (Fsp3) is 0.588. The fourth-order valence-electron chi connectivity index (χ4n) is 2.76. The summed E-state index contributed by atoms with van der Waals surface area (Å²) < 4.78 is 30.8. The summed E-state index contributed by atoms with van der Waals surface area (Å²) in [6.07, 6.45) is 1.09. The molecule has 1 unspecified atom stereocenters. The minimum atomic E-state index is -3.39. The van der Waals surface area contributed by atoms with Crippen molar-refractivity contribution in [1.29, 1.82) is 0 Å². The lowest BCUT2D eigenvalue weighted by atomic mass is 10.1. The van der Waals surface area contributed by atoms with Gasteiger partial charge in [-0.15, -0.1) is 24.0 Å². The van der Waals surface area contributed by atoms with Gasteiger partial charge in [0.1, 0.15) is 0 Å². The van der Waals surface area contributed by atoms with Crippen LogP contribution in [0.2, 0.25) is 0 Å². The van der Waals surface area contributed by atoms with E-state index >= 15 is 0 Å². The molecule has 0 amide bonds. The Morgan fingerprint density at radius 1 is 1.27 bits per heavy atom. The minimum absolute atomic E-state index is 0. The number of sulfonamides is 1. The van der Waals surface area contributed by atoms with Crippen molar-refractivity contribution in [2.24, 2.45) is 10.9 Å². The number of aliphatic imine (C=N–C) groups is 1. The van der Waals surface area contributed by atoms with Crippen molar-refractivity contribution in [2.45, 2.75) is 17.9 Å². The Morgan fingerprint density at radius 2 is 1.92 bits per heavy atom. The summed E-state index contributed by atoms with van der Waals surface area (Å²) in [4.78, 5) is 6.71. The van der Waals surface area contributed by atoms with Crippen molar-refractivity contribution in [2.75, 3.05) is 47.9 Å². The summed E-state index contributed by atoms with van der Waals surface area (Å²) in [5, 5.41) is 3.32. The third-order valence-corrected chi connectivity index (χ3v) is 6.11. The van der Waals surface area contributed by atoms with Crippen molar-refractivity contribution in [3.8, 4) is 0 Å². The van der Waals surface area contributed by atoms with Gasteiger partial charge in [0.25, 0.3) is 0 Å². The van der Waals surface area contributed by atoms with Gasteiger partial charge in [0, 0.05) is 53.8 Å². The van der Waals surface area contributed by atoms with Gasteiger partial charge in [0.05, 0.1) is 11.5 Å². The maximum Gasteiger partial charge on any atom is 0.242 e. The average Bonchev–Trinajstić information content (AvgIpc) is 3.08. The van der Waals surface area contributed by atoms with Gasteiger partial charge < -0.3 is 15.0 Å². The molecule has 7 nitrogen and oxygen atoms in total. The van der Waals surface area contributed by atoms with Gasteiger partial charge in [0.2, 0.25) is 10.0 Å². The van der Waals surface area contributed by atoms with E-state index < -0.39 is 10.0 Å². The van der Waals surface area contributed by atoms with E-state index in [1.54, 1.807) is 19.2 Å².